The van der Waals surface area contributed by atoms with Crippen molar-refractivity contribution in [2.45, 2.75) is 58.0 Å². The molecule has 0 heterocycles. The van der Waals surface area contributed by atoms with E-state index in [1.165, 1.54) is 0 Å². The van der Waals surface area contributed by atoms with Crippen LogP contribution in [0, 0.1) is 17.8 Å². The number of carbonyl (C=O) groups excluding carboxylic acids is 1. The smallest absolute Gasteiger partial charge is 0.308 e. The molecule has 1 amide bonds. The zero-order chi connectivity index (χ0) is 14.7. The molecule has 0 spiro atoms. The summed E-state index contributed by atoms with van der Waals surface area (Å²) in [5.41, 5.74) is 0. The average Bonchev–Trinajstić information content (AvgIpc) is 3.02. The Bertz CT molecular complexity index is 368. The second-order valence-electron chi connectivity index (χ2n) is 6.18. The van der Waals surface area contributed by atoms with Crippen molar-refractivity contribution in [3.8, 4) is 0 Å². The van der Waals surface area contributed by atoms with E-state index in [0.717, 1.165) is 32.1 Å². The van der Waals surface area contributed by atoms with E-state index in [2.05, 4.69) is 24.5 Å². The maximum absolute atomic E-state index is 11.9. The van der Waals surface area contributed by atoms with Crippen LogP contribution in [0.5, 0.6) is 0 Å². The highest BCUT2D eigenvalue weighted by Gasteiger charge is 2.50. The van der Waals surface area contributed by atoms with Gasteiger partial charge in [-0.1, -0.05) is 13.8 Å². The van der Waals surface area contributed by atoms with Gasteiger partial charge in [0.05, 0.1) is 12.5 Å². The summed E-state index contributed by atoms with van der Waals surface area (Å²) in [4.78, 5) is 23.3. The van der Waals surface area contributed by atoms with E-state index in [1.54, 1.807) is 0 Å². The molecule has 2 saturated carbocycles. The molecule has 0 saturated heterocycles. The van der Waals surface area contributed by atoms with Crippen molar-refractivity contribution >= 4 is 11.9 Å². The Hall–Kier alpha value is -1.10. The lowest BCUT2D eigenvalue weighted by atomic mass is 9.84. The zero-order valence-electron chi connectivity index (χ0n) is 12.4. The highest BCUT2D eigenvalue weighted by atomic mass is 16.4. The van der Waals surface area contributed by atoms with Gasteiger partial charge in [-0.2, -0.15) is 0 Å². The topological polar surface area (TPSA) is 78.4 Å². The van der Waals surface area contributed by atoms with Gasteiger partial charge in [-0.3, -0.25) is 9.59 Å². The van der Waals surface area contributed by atoms with Gasteiger partial charge in [0.2, 0.25) is 5.91 Å². The number of nitrogens with one attached hydrogen (secondary N) is 2. The summed E-state index contributed by atoms with van der Waals surface area (Å²) in [5, 5.41) is 15.5. The number of carboxylic acid groups (broad SMARTS) is 1. The van der Waals surface area contributed by atoms with Crippen LogP contribution in [0.3, 0.4) is 0 Å². The molecule has 2 aliphatic rings. The first kappa shape index (κ1) is 15.3. The summed E-state index contributed by atoms with van der Waals surface area (Å²) in [6.07, 6.45) is 4.98. The van der Waals surface area contributed by atoms with Crippen molar-refractivity contribution in [1.82, 2.24) is 10.6 Å². The second kappa shape index (κ2) is 6.57. The maximum atomic E-state index is 11.9. The summed E-state index contributed by atoms with van der Waals surface area (Å²) >= 11 is 0. The van der Waals surface area contributed by atoms with E-state index < -0.39 is 5.97 Å². The lowest BCUT2D eigenvalue weighted by Crippen LogP contribution is -2.49. The Kier molecular flexibility index (Phi) is 5.02. The molecule has 0 aliphatic heterocycles. The number of rotatable bonds is 7. The van der Waals surface area contributed by atoms with Gasteiger partial charge < -0.3 is 15.7 Å². The summed E-state index contributed by atoms with van der Waals surface area (Å²) < 4.78 is 0. The minimum absolute atomic E-state index is 0.0226. The zero-order valence-corrected chi connectivity index (χ0v) is 12.4. The predicted molar refractivity (Wildman–Crippen MR) is 76.3 cm³/mol. The van der Waals surface area contributed by atoms with Crippen LogP contribution >= 0.6 is 0 Å². The van der Waals surface area contributed by atoms with Crippen molar-refractivity contribution in [2.75, 3.05) is 6.54 Å². The predicted octanol–water partition coefficient (Wildman–Crippen LogP) is 1.38. The minimum atomic E-state index is -0.713. The van der Waals surface area contributed by atoms with E-state index in [9.17, 15) is 14.7 Å². The van der Waals surface area contributed by atoms with Gasteiger partial charge in [-0.15, -0.1) is 0 Å². The number of fused-ring (bicyclic) bond motifs is 2. The first-order valence-electron chi connectivity index (χ1n) is 7.82. The molecule has 114 valence electrons. The number of hydrogen-bond donors (Lipinski definition) is 3. The third kappa shape index (κ3) is 3.14. The fourth-order valence-corrected chi connectivity index (χ4v) is 3.92. The van der Waals surface area contributed by atoms with Crippen LogP contribution in [-0.4, -0.2) is 35.6 Å². The summed E-state index contributed by atoms with van der Waals surface area (Å²) in [7, 11) is 0. The van der Waals surface area contributed by atoms with Crippen LogP contribution in [0.25, 0.3) is 0 Å². The Morgan fingerprint density at radius 1 is 1.20 bits per heavy atom. The van der Waals surface area contributed by atoms with Gasteiger partial charge in [0.1, 0.15) is 0 Å². The van der Waals surface area contributed by atoms with Crippen LogP contribution in [0.4, 0.5) is 0 Å². The Morgan fingerprint density at radius 2 is 1.85 bits per heavy atom. The Labute approximate surface area is 120 Å². The maximum Gasteiger partial charge on any atom is 0.308 e. The first-order chi connectivity index (χ1) is 9.56. The normalized spacial score (nSPS) is 31.8. The molecule has 3 N–H and O–H groups in total. The molecule has 0 aromatic heterocycles. The molecule has 2 rings (SSSR count). The molecule has 2 aliphatic carbocycles. The average molecular weight is 282 g/mol. The summed E-state index contributed by atoms with van der Waals surface area (Å²) in [5.74, 6) is -0.311. The molecule has 5 heteroatoms. The highest BCUT2D eigenvalue weighted by molar-refractivity contribution is 5.78. The van der Waals surface area contributed by atoms with Crippen LogP contribution in [0.15, 0.2) is 0 Å². The molecule has 4 atom stereocenters. The lowest BCUT2D eigenvalue weighted by molar-refractivity contribution is -0.144. The monoisotopic (exact) mass is 282 g/mol. The van der Waals surface area contributed by atoms with Crippen molar-refractivity contribution in [3.05, 3.63) is 0 Å². The highest BCUT2D eigenvalue weighted by Crippen LogP contribution is 2.48. The van der Waals surface area contributed by atoms with E-state index in [1.807, 2.05) is 0 Å². The molecule has 2 fully saturated rings. The Balaban J connectivity index is 1.84. The van der Waals surface area contributed by atoms with E-state index in [0.29, 0.717) is 11.8 Å². The van der Waals surface area contributed by atoms with Crippen LogP contribution < -0.4 is 10.6 Å². The SMILES string of the molecule is CCC(CC)NC(=O)CNC1C2CCC(C2)C1C(=O)O. The fourth-order valence-electron chi connectivity index (χ4n) is 3.92. The first-order valence-corrected chi connectivity index (χ1v) is 7.82. The largest absolute Gasteiger partial charge is 0.481 e. The molecule has 20 heavy (non-hydrogen) atoms. The van der Waals surface area contributed by atoms with Gasteiger partial charge in [0, 0.05) is 12.1 Å². The lowest BCUT2D eigenvalue weighted by Gasteiger charge is -2.29. The van der Waals surface area contributed by atoms with Crippen molar-refractivity contribution in [2.24, 2.45) is 17.8 Å². The van der Waals surface area contributed by atoms with Crippen molar-refractivity contribution in [1.29, 1.82) is 0 Å². The molecule has 4 unspecified atom stereocenters. The van der Waals surface area contributed by atoms with Crippen LogP contribution in [-0.2, 0) is 9.59 Å². The molecular formula is C15H26N2O3. The van der Waals surface area contributed by atoms with E-state index in [4.69, 9.17) is 0 Å². The van der Waals surface area contributed by atoms with Gasteiger partial charge in [-0.25, -0.2) is 0 Å². The molecule has 0 radical (unpaired) electrons. The van der Waals surface area contributed by atoms with Crippen LogP contribution in [0.1, 0.15) is 46.0 Å². The quantitative estimate of drug-likeness (QED) is 0.659. The third-order valence-corrected chi connectivity index (χ3v) is 5.05. The number of hydrogen-bond acceptors (Lipinski definition) is 3. The number of carbonyl (C=O) groups is 2. The molecule has 0 aromatic carbocycles. The van der Waals surface area contributed by atoms with Gasteiger partial charge in [-0.05, 0) is 43.9 Å². The number of amides is 1. The third-order valence-electron chi connectivity index (χ3n) is 5.05. The molecular weight excluding hydrogens is 256 g/mol. The minimum Gasteiger partial charge on any atom is -0.481 e. The summed E-state index contributed by atoms with van der Waals surface area (Å²) in [6.45, 7) is 4.34. The summed E-state index contributed by atoms with van der Waals surface area (Å²) in [6, 6.07) is 0.193. The van der Waals surface area contributed by atoms with Gasteiger partial charge >= 0.3 is 5.97 Å². The van der Waals surface area contributed by atoms with Crippen molar-refractivity contribution < 1.29 is 14.7 Å². The standard InChI is InChI=1S/C15H26N2O3/c1-3-11(4-2)17-12(18)8-16-14-10-6-5-9(7-10)13(14)15(19)20/h9-11,13-14,16H,3-8H2,1-2H3,(H,17,18)(H,19,20). The molecule has 0 aromatic rings. The number of carboxylic acids is 1. The number of aliphatic carboxylic acids is 1. The van der Waals surface area contributed by atoms with Gasteiger partial charge in [0.25, 0.3) is 0 Å². The van der Waals surface area contributed by atoms with Crippen molar-refractivity contribution in [3.63, 3.8) is 0 Å². The fraction of sp³-hybridized carbons (Fsp3) is 0.867. The van der Waals surface area contributed by atoms with Crippen LogP contribution in [0.2, 0.25) is 0 Å². The second-order valence-corrected chi connectivity index (χ2v) is 6.18. The molecule has 5 nitrogen and oxygen atoms in total. The Morgan fingerprint density at radius 3 is 2.45 bits per heavy atom. The molecule has 2 bridgehead atoms. The van der Waals surface area contributed by atoms with E-state index >= 15 is 0 Å². The van der Waals surface area contributed by atoms with E-state index in [-0.39, 0.29) is 30.5 Å². The van der Waals surface area contributed by atoms with Gasteiger partial charge in [0.15, 0.2) is 0 Å².